The number of carbonyl (C=O) groups excluding carboxylic acids is 1. The van der Waals surface area contributed by atoms with Crippen molar-refractivity contribution in [3.8, 4) is 0 Å². The summed E-state index contributed by atoms with van der Waals surface area (Å²) >= 11 is 12.1. The van der Waals surface area contributed by atoms with Crippen molar-refractivity contribution in [2.24, 2.45) is 5.41 Å². The average Bonchev–Trinajstić information content (AvgIpc) is 2.51. The van der Waals surface area contributed by atoms with Gasteiger partial charge in [-0.1, -0.05) is 44.0 Å². The molecule has 0 radical (unpaired) electrons. The highest BCUT2D eigenvalue weighted by atomic mass is 35.5. The Morgan fingerprint density at radius 1 is 1.15 bits per heavy atom. The van der Waals surface area contributed by atoms with Crippen LogP contribution < -0.4 is 10.2 Å². The van der Waals surface area contributed by atoms with Crippen LogP contribution in [0.5, 0.6) is 0 Å². The zero-order valence-corrected chi connectivity index (χ0v) is 17.9. The van der Waals surface area contributed by atoms with E-state index >= 15 is 0 Å². The molecule has 0 saturated carbocycles. The van der Waals surface area contributed by atoms with Gasteiger partial charge in [0.1, 0.15) is 5.82 Å². The van der Waals surface area contributed by atoms with Crippen LogP contribution in [0.25, 0.3) is 0 Å². The van der Waals surface area contributed by atoms with E-state index in [2.05, 4.69) is 49.8 Å². The number of hydrogen-bond acceptors (Lipinski definition) is 4. The summed E-state index contributed by atoms with van der Waals surface area (Å²) < 4.78 is 0. The maximum Gasteiger partial charge on any atom is 0.236 e. The number of halogens is 2. The van der Waals surface area contributed by atoms with Crippen molar-refractivity contribution in [3.05, 3.63) is 22.3 Å². The molecule has 0 spiro atoms. The molecule has 7 heteroatoms. The number of piperazine rings is 1. The molecule has 5 nitrogen and oxygen atoms in total. The number of aromatic nitrogens is 1. The van der Waals surface area contributed by atoms with Gasteiger partial charge in [-0.2, -0.15) is 0 Å². The minimum atomic E-state index is -0.0729. The van der Waals surface area contributed by atoms with Gasteiger partial charge in [-0.3, -0.25) is 4.79 Å². The van der Waals surface area contributed by atoms with Crippen molar-refractivity contribution in [1.29, 1.82) is 0 Å². The van der Waals surface area contributed by atoms with Gasteiger partial charge in [-0.05, 0) is 31.7 Å². The monoisotopic (exact) mass is 400 g/mol. The lowest BCUT2D eigenvalue weighted by atomic mass is 9.82. The number of hydrogen-bond donors (Lipinski definition) is 1. The van der Waals surface area contributed by atoms with Crippen LogP contribution in [0.3, 0.4) is 0 Å². The van der Waals surface area contributed by atoms with Crippen LogP contribution in [0.2, 0.25) is 10.0 Å². The molecule has 146 valence electrons. The molecule has 26 heavy (non-hydrogen) atoms. The molecule has 1 saturated heterocycles. The molecule has 0 unspecified atom stereocenters. The van der Waals surface area contributed by atoms with Crippen molar-refractivity contribution in [2.45, 2.75) is 46.6 Å². The quantitative estimate of drug-likeness (QED) is 0.815. The fourth-order valence-electron chi connectivity index (χ4n) is 3.62. The number of amides is 1. The fraction of sp³-hybridized carbons (Fsp3) is 0.684. The molecule has 2 rings (SSSR count). The van der Waals surface area contributed by atoms with E-state index in [-0.39, 0.29) is 16.9 Å². The lowest BCUT2D eigenvalue weighted by Crippen LogP contribution is -2.53. The van der Waals surface area contributed by atoms with Crippen LogP contribution >= 0.6 is 23.2 Å². The number of anilines is 1. The second-order valence-corrected chi connectivity index (χ2v) is 9.65. The van der Waals surface area contributed by atoms with Crippen LogP contribution in [0.1, 0.15) is 41.0 Å². The van der Waals surface area contributed by atoms with Gasteiger partial charge in [0.15, 0.2) is 0 Å². The van der Waals surface area contributed by atoms with Gasteiger partial charge >= 0.3 is 0 Å². The number of carbonyl (C=O) groups is 1. The first-order valence-electron chi connectivity index (χ1n) is 9.06. The molecule has 1 aliphatic rings. The smallest absolute Gasteiger partial charge is 0.236 e. The van der Waals surface area contributed by atoms with E-state index in [4.69, 9.17) is 23.2 Å². The third kappa shape index (κ3) is 6.29. The molecule has 1 amide bonds. The third-order valence-corrected chi connectivity index (χ3v) is 4.90. The van der Waals surface area contributed by atoms with E-state index in [0.29, 0.717) is 42.8 Å². The first kappa shape index (κ1) is 21.3. The van der Waals surface area contributed by atoms with E-state index < -0.39 is 0 Å². The molecule has 0 bridgehead atoms. The molecule has 1 aliphatic heterocycles. The van der Waals surface area contributed by atoms with Crippen molar-refractivity contribution in [2.75, 3.05) is 37.6 Å². The molecular weight excluding hydrogens is 371 g/mol. The van der Waals surface area contributed by atoms with Gasteiger partial charge in [-0.15, -0.1) is 0 Å². The molecular formula is C19H30Cl2N4O. The van der Waals surface area contributed by atoms with Gasteiger partial charge < -0.3 is 15.1 Å². The van der Waals surface area contributed by atoms with Crippen molar-refractivity contribution < 1.29 is 4.79 Å². The Balaban J connectivity index is 1.84. The molecule has 2 heterocycles. The summed E-state index contributed by atoms with van der Waals surface area (Å²) in [6.07, 6.45) is 2.60. The van der Waals surface area contributed by atoms with Gasteiger partial charge in [0, 0.05) is 37.9 Å². The molecule has 0 aromatic carbocycles. The lowest BCUT2D eigenvalue weighted by molar-refractivity contribution is -0.130. The Morgan fingerprint density at radius 2 is 1.77 bits per heavy atom. The number of rotatable bonds is 5. The predicted molar refractivity (Wildman–Crippen MR) is 109 cm³/mol. The van der Waals surface area contributed by atoms with E-state index in [9.17, 15) is 4.79 Å². The van der Waals surface area contributed by atoms with Crippen LogP contribution in [-0.2, 0) is 4.79 Å². The van der Waals surface area contributed by atoms with Gasteiger partial charge in [0.25, 0.3) is 0 Å². The molecule has 1 fully saturated rings. The van der Waals surface area contributed by atoms with Crippen LogP contribution in [-0.4, -0.2) is 54.1 Å². The predicted octanol–water partition coefficient (Wildman–Crippen LogP) is 3.84. The molecule has 1 aromatic heterocycles. The van der Waals surface area contributed by atoms with Gasteiger partial charge in [0.05, 0.1) is 16.6 Å². The number of pyridine rings is 1. The Morgan fingerprint density at radius 3 is 2.31 bits per heavy atom. The minimum absolute atomic E-state index is 0.0729. The summed E-state index contributed by atoms with van der Waals surface area (Å²) in [5.41, 5.74) is 0.145. The van der Waals surface area contributed by atoms with Crippen LogP contribution in [0.15, 0.2) is 12.3 Å². The highest BCUT2D eigenvalue weighted by molar-refractivity contribution is 6.36. The Labute approximate surface area is 167 Å². The van der Waals surface area contributed by atoms with Crippen LogP contribution in [0.4, 0.5) is 5.82 Å². The molecule has 1 aromatic rings. The Kier molecular flexibility index (Phi) is 6.81. The van der Waals surface area contributed by atoms with E-state index in [1.165, 1.54) is 0 Å². The largest absolute Gasteiger partial charge is 0.352 e. The highest BCUT2D eigenvalue weighted by Gasteiger charge is 2.28. The Bertz CT molecular complexity index is 635. The van der Waals surface area contributed by atoms with E-state index in [0.717, 1.165) is 12.2 Å². The highest BCUT2D eigenvalue weighted by Crippen LogP contribution is 2.28. The van der Waals surface area contributed by atoms with E-state index in [1.54, 1.807) is 12.3 Å². The summed E-state index contributed by atoms with van der Waals surface area (Å²) in [5, 5.41) is 4.49. The molecule has 0 atom stereocenters. The normalized spacial score (nSPS) is 16.1. The summed E-state index contributed by atoms with van der Waals surface area (Å²) in [5.74, 6) is 0.870. The average molecular weight is 401 g/mol. The topological polar surface area (TPSA) is 48.5 Å². The Hall–Kier alpha value is -1.04. The van der Waals surface area contributed by atoms with Crippen molar-refractivity contribution in [1.82, 2.24) is 15.2 Å². The van der Waals surface area contributed by atoms with Gasteiger partial charge in [-0.25, -0.2) is 4.98 Å². The maximum atomic E-state index is 12.6. The SMILES string of the molecule is CC(C)(C)CC(C)(C)NCC(=O)N1CCN(c2ncc(Cl)cc2Cl)CC1. The standard InChI is InChI=1S/C19H30Cl2N4O/c1-18(2,3)13-19(4,5)23-12-16(26)24-6-8-25(9-7-24)17-15(21)10-14(20)11-22-17/h10-11,23H,6-9,12-13H2,1-5H3. The van der Waals surface area contributed by atoms with E-state index in [1.807, 2.05) is 4.90 Å². The summed E-state index contributed by atoms with van der Waals surface area (Å²) in [7, 11) is 0. The second kappa shape index (κ2) is 8.32. The summed E-state index contributed by atoms with van der Waals surface area (Å²) in [4.78, 5) is 20.9. The molecule has 0 aliphatic carbocycles. The minimum Gasteiger partial charge on any atom is -0.352 e. The first-order chi connectivity index (χ1) is 12.0. The second-order valence-electron chi connectivity index (χ2n) is 8.80. The summed E-state index contributed by atoms with van der Waals surface area (Å²) in [6, 6.07) is 1.70. The third-order valence-electron chi connectivity index (χ3n) is 4.41. The molecule has 1 N–H and O–H groups in total. The fourth-order valence-corrected chi connectivity index (χ4v) is 4.12. The van der Waals surface area contributed by atoms with Gasteiger partial charge in [0.2, 0.25) is 5.91 Å². The number of nitrogens with one attached hydrogen (secondary N) is 1. The van der Waals surface area contributed by atoms with Crippen LogP contribution in [0, 0.1) is 5.41 Å². The first-order valence-corrected chi connectivity index (χ1v) is 9.81. The van der Waals surface area contributed by atoms with Crippen molar-refractivity contribution >= 4 is 34.9 Å². The zero-order valence-electron chi connectivity index (χ0n) is 16.4. The summed E-state index contributed by atoms with van der Waals surface area (Å²) in [6.45, 7) is 14.1. The zero-order chi connectivity index (χ0) is 19.5. The lowest BCUT2D eigenvalue weighted by Gasteiger charge is -2.37. The maximum absolute atomic E-state index is 12.6. The van der Waals surface area contributed by atoms with Crippen molar-refractivity contribution in [3.63, 3.8) is 0 Å². The number of nitrogens with zero attached hydrogens (tertiary/aromatic N) is 3.